The van der Waals surface area contributed by atoms with Crippen LogP contribution in [-0.2, 0) is 9.53 Å². The molecule has 0 aromatic carbocycles. The standard InChI is InChI=1S/C7H13F2NO2/c1-3-10(4-5-12-2)7(11)6(8)9/h6H,3-5H2,1-2H3. The second-order valence-electron chi connectivity index (χ2n) is 2.21. The molecule has 0 bridgehead atoms. The minimum Gasteiger partial charge on any atom is -0.383 e. The molecule has 0 aliphatic rings. The van der Waals surface area contributed by atoms with Crippen LogP contribution in [0.1, 0.15) is 6.92 Å². The minimum absolute atomic E-state index is 0.218. The van der Waals surface area contributed by atoms with Crippen LogP contribution in [0.25, 0.3) is 0 Å². The number of rotatable bonds is 5. The van der Waals surface area contributed by atoms with Crippen LogP contribution in [-0.4, -0.2) is 44.0 Å². The Kier molecular flexibility index (Phi) is 5.53. The lowest BCUT2D eigenvalue weighted by molar-refractivity contribution is -0.143. The summed E-state index contributed by atoms with van der Waals surface area (Å²) >= 11 is 0. The lowest BCUT2D eigenvalue weighted by atomic mass is 10.4. The molecule has 0 rings (SSSR count). The van der Waals surface area contributed by atoms with Gasteiger partial charge in [-0.25, -0.2) is 0 Å². The molecular formula is C7H13F2NO2. The van der Waals surface area contributed by atoms with Gasteiger partial charge in [0.25, 0.3) is 5.91 Å². The zero-order valence-electron chi connectivity index (χ0n) is 7.22. The summed E-state index contributed by atoms with van der Waals surface area (Å²) in [6, 6.07) is 0. The number of methoxy groups -OCH3 is 1. The zero-order chi connectivity index (χ0) is 9.56. The summed E-state index contributed by atoms with van der Waals surface area (Å²) in [5, 5.41) is 0. The second kappa shape index (κ2) is 5.88. The summed E-state index contributed by atoms with van der Waals surface area (Å²) in [5.74, 6) is -1.13. The highest BCUT2D eigenvalue weighted by atomic mass is 19.3. The van der Waals surface area contributed by atoms with E-state index < -0.39 is 12.3 Å². The smallest absolute Gasteiger partial charge is 0.315 e. The van der Waals surface area contributed by atoms with Crippen LogP contribution in [0.2, 0.25) is 0 Å². The fourth-order valence-electron chi connectivity index (χ4n) is 0.764. The predicted octanol–water partition coefficient (Wildman–Crippen LogP) is 0.746. The van der Waals surface area contributed by atoms with Crippen molar-refractivity contribution in [3.05, 3.63) is 0 Å². The Morgan fingerprint density at radius 3 is 2.50 bits per heavy atom. The van der Waals surface area contributed by atoms with Crippen LogP contribution in [0.3, 0.4) is 0 Å². The van der Waals surface area contributed by atoms with Gasteiger partial charge < -0.3 is 9.64 Å². The van der Waals surface area contributed by atoms with E-state index in [1.165, 1.54) is 7.11 Å². The average Bonchev–Trinajstić information content (AvgIpc) is 2.05. The summed E-state index contributed by atoms with van der Waals surface area (Å²) in [6.45, 7) is 2.44. The number of ether oxygens (including phenoxy) is 1. The first-order valence-electron chi connectivity index (χ1n) is 3.69. The summed E-state index contributed by atoms with van der Waals surface area (Å²) < 4.78 is 28.4. The fraction of sp³-hybridized carbons (Fsp3) is 0.857. The van der Waals surface area contributed by atoms with E-state index in [0.717, 1.165) is 4.90 Å². The fourth-order valence-corrected chi connectivity index (χ4v) is 0.764. The number of carbonyl (C=O) groups is 1. The maximum atomic E-state index is 11.9. The van der Waals surface area contributed by atoms with E-state index in [0.29, 0.717) is 0 Å². The van der Waals surface area contributed by atoms with Gasteiger partial charge in [0.15, 0.2) is 0 Å². The van der Waals surface area contributed by atoms with Gasteiger partial charge in [-0.2, -0.15) is 8.78 Å². The van der Waals surface area contributed by atoms with Crippen molar-refractivity contribution in [1.82, 2.24) is 4.90 Å². The third-order valence-corrected chi connectivity index (χ3v) is 1.45. The highest BCUT2D eigenvalue weighted by Gasteiger charge is 2.21. The largest absolute Gasteiger partial charge is 0.383 e. The van der Waals surface area contributed by atoms with Gasteiger partial charge in [-0.05, 0) is 6.92 Å². The molecule has 72 valence electrons. The first-order chi connectivity index (χ1) is 5.63. The van der Waals surface area contributed by atoms with Crippen LogP contribution >= 0.6 is 0 Å². The van der Waals surface area contributed by atoms with Gasteiger partial charge in [0.05, 0.1) is 6.61 Å². The van der Waals surface area contributed by atoms with Gasteiger partial charge in [-0.1, -0.05) is 0 Å². The summed E-state index contributed by atoms with van der Waals surface area (Å²) in [6.07, 6.45) is -2.91. The van der Waals surface area contributed by atoms with Gasteiger partial charge in [-0.3, -0.25) is 4.79 Å². The summed E-state index contributed by atoms with van der Waals surface area (Å²) in [4.78, 5) is 11.8. The third kappa shape index (κ3) is 3.61. The number of likely N-dealkylation sites (N-methyl/N-ethyl adjacent to an activating group) is 1. The normalized spacial score (nSPS) is 10.4. The molecule has 0 unspecified atom stereocenters. The number of carbonyl (C=O) groups excluding carboxylic acids is 1. The molecule has 5 heteroatoms. The molecule has 0 aromatic rings. The molecule has 0 aliphatic carbocycles. The number of halogens is 2. The lowest BCUT2D eigenvalue weighted by Gasteiger charge is -2.19. The SMILES string of the molecule is CCN(CCOC)C(=O)C(F)F. The third-order valence-electron chi connectivity index (χ3n) is 1.45. The number of nitrogens with zero attached hydrogens (tertiary/aromatic N) is 1. The van der Waals surface area contributed by atoms with Crippen molar-refractivity contribution >= 4 is 5.91 Å². The van der Waals surface area contributed by atoms with Gasteiger partial charge in [0, 0.05) is 20.2 Å². The van der Waals surface area contributed by atoms with E-state index in [9.17, 15) is 13.6 Å². The van der Waals surface area contributed by atoms with Crippen molar-refractivity contribution in [1.29, 1.82) is 0 Å². The molecule has 0 saturated heterocycles. The zero-order valence-corrected chi connectivity index (χ0v) is 7.22. The van der Waals surface area contributed by atoms with Gasteiger partial charge >= 0.3 is 6.43 Å². The molecule has 1 amide bonds. The maximum absolute atomic E-state index is 11.9. The number of amides is 1. The first kappa shape index (κ1) is 11.3. The molecule has 12 heavy (non-hydrogen) atoms. The lowest BCUT2D eigenvalue weighted by Crippen LogP contribution is -2.37. The Morgan fingerprint density at radius 1 is 1.58 bits per heavy atom. The molecule has 0 heterocycles. The molecule has 0 saturated carbocycles. The number of hydrogen-bond acceptors (Lipinski definition) is 2. The Morgan fingerprint density at radius 2 is 2.17 bits per heavy atom. The van der Waals surface area contributed by atoms with Crippen molar-refractivity contribution in [3.63, 3.8) is 0 Å². The predicted molar refractivity (Wildman–Crippen MR) is 40.1 cm³/mol. The molecule has 0 spiro atoms. The molecule has 0 N–H and O–H groups in total. The molecule has 0 aromatic heterocycles. The van der Waals surface area contributed by atoms with E-state index in [1.807, 2.05) is 0 Å². The Bertz CT molecular complexity index is 141. The molecule has 3 nitrogen and oxygen atoms in total. The van der Waals surface area contributed by atoms with Crippen molar-refractivity contribution in [2.75, 3.05) is 26.8 Å². The van der Waals surface area contributed by atoms with Gasteiger partial charge in [0.2, 0.25) is 0 Å². The first-order valence-corrected chi connectivity index (χ1v) is 3.69. The number of hydrogen-bond donors (Lipinski definition) is 0. The average molecular weight is 181 g/mol. The highest BCUT2D eigenvalue weighted by molar-refractivity contribution is 5.79. The quantitative estimate of drug-likeness (QED) is 0.626. The van der Waals surface area contributed by atoms with E-state index in [1.54, 1.807) is 6.92 Å². The molecule has 0 radical (unpaired) electrons. The Hall–Kier alpha value is -0.710. The van der Waals surface area contributed by atoms with Crippen molar-refractivity contribution in [2.24, 2.45) is 0 Å². The van der Waals surface area contributed by atoms with Crippen LogP contribution in [0, 0.1) is 0 Å². The van der Waals surface area contributed by atoms with Crippen LogP contribution < -0.4 is 0 Å². The molecule has 0 aliphatic heterocycles. The Balaban J connectivity index is 3.88. The molecular weight excluding hydrogens is 168 g/mol. The highest BCUT2D eigenvalue weighted by Crippen LogP contribution is 2.00. The minimum atomic E-state index is -2.91. The van der Waals surface area contributed by atoms with Gasteiger partial charge in [-0.15, -0.1) is 0 Å². The van der Waals surface area contributed by atoms with E-state index >= 15 is 0 Å². The van der Waals surface area contributed by atoms with Gasteiger partial charge in [0.1, 0.15) is 0 Å². The summed E-state index contributed by atoms with van der Waals surface area (Å²) in [7, 11) is 1.46. The second-order valence-corrected chi connectivity index (χ2v) is 2.21. The molecule has 0 fully saturated rings. The van der Waals surface area contributed by atoms with E-state index in [4.69, 9.17) is 0 Å². The van der Waals surface area contributed by atoms with Crippen molar-refractivity contribution in [2.45, 2.75) is 13.3 Å². The Labute approximate surface area is 70.3 Å². The number of alkyl halides is 2. The van der Waals surface area contributed by atoms with Crippen molar-refractivity contribution < 1.29 is 18.3 Å². The topological polar surface area (TPSA) is 29.5 Å². The van der Waals surface area contributed by atoms with Crippen LogP contribution in [0.4, 0.5) is 8.78 Å². The van der Waals surface area contributed by atoms with Crippen LogP contribution in [0.5, 0.6) is 0 Å². The molecule has 0 atom stereocenters. The van der Waals surface area contributed by atoms with E-state index in [-0.39, 0.29) is 19.7 Å². The summed E-state index contributed by atoms with van der Waals surface area (Å²) in [5.41, 5.74) is 0. The monoisotopic (exact) mass is 181 g/mol. The van der Waals surface area contributed by atoms with Crippen molar-refractivity contribution in [3.8, 4) is 0 Å². The van der Waals surface area contributed by atoms with E-state index in [2.05, 4.69) is 4.74 Å². The maximum Gasteiger partial charge on any atom is 0.315 e. The van der Waals surface area contributed by atoms with Crippen LogP contribution in [0.15, 0.2) is 0 Å².